The summed E-state index contributed by atoms with van der Waals surface area (Å²) in [5.41, 5.74) is -1.22. The Labute approximate surface area is 167 Å². The number of ketones is 1. The van der Waals surface area contributed by atoms with Gasteiger partial charge < -0.3 is 14.8 Å². The van der Waals surface area contributed by atoms with Gasteiger partial charge in [0.2, 0.25) is 0 Å². The van der Waals surface area contributed by atoms with E-state index >= 15 is 0 Å². The van der Waals surface area contributed by atoms with Gasteiger partial charge in [-0.1, -0.05) is 0 Å². The summed E-state index contributed by atoms with van der Waals surface area (Å²) in [4.78, 5) is 27.8. The summed E-state index contributed by atoms with van der Waals surface area (Å²) in [5.74, 6) is -2.42. The number of halogens is 4. The first-order valence-corrected chi connectivity index (χ1v) is 8.45. The number of carbonyl (C=O) groups is 2. The van der Waals surface area contributed by atoms with Gasteiger partial charge in [0.15, 0.2) is 17.3 Å². The number of hydrogen-bond donors (Lipinski definition) is 1. The fraction of sp³-hybridized carbons (Fsp3) is 0.150. The molecule has 1 heterocycles. The average Bonchev–Trinajstić information content (AvgIpc) is 2.68. The summed E-state index contributed by atoms with van der Waals surface area (Å²) in [7, 11) is 1.23. The van der Waals surface area contributed by atoms with Crippen LogP contribution in [0.5, 0.6) is 17.2 Å². The quantitative estimate of drug-likeness (QED) is 0.742. The molecule has 1 aliphatic heterocycles. The number of alkyl halides is 3. The van der Waals surface area contributed by atoms with Crippen LogP contribution in [0.15, 0.2) is 53.2 Å². The molecule has 0 spiro atoms. The highest BCUT2D eigenvalue weighted by Gasteiger charge is 2.32. The van der Waals surface area contributed by atoms with Crippen LogP contribution >= 0.6 is 0 Å². The van der Waals surface area contributed by atoms with Gasteiger partial charge in [-0.15, -0.1) is 0 Å². The lowest BCUT2D eigenvalue weighted by atomic mass is 10.1. The molecule has 0 unspecified atom stereocenters. The van der Waals surface area contributed by atoms with Gasteiger partial charge in [0.05, 0.1) is 23.9 Å². The number of allylic oxidation sites excluding steroid dienone is 1. The summed E-state index contributed by atoms with van der Waals surface area (Å²) in [5, 5.41) is 2.39. The molecular formula is C20H14F4N2O4. The van der Waals surface area contributed by atoms with Crippen molar-refractivity contribution in [3.8, 4) is 17.2 Å². The second-order valence-corrected chi connectivity index (χ2v) is 6.10. The summed E-state index contributed by atoms with van der Waals surface area (Å²) in [6, 6.07) is 5.47. The van der Waals surface area contributed by atoms with Crippen molar-refractivity contribution in [1.29, 1.82) is 0 Å². The summed E-state index contributed by atoms with van der Waals surface area (Å²) < 4.78 is 63.3. The van der Waals surface area contributed by atoms with Crippen molar-refractivity contribution >= 4 is 17.9 Å². The lowest BCUT2D eigenvalue weighted by Gasteiger charge is -2.16. The molecule has 0 saturated carbocycles. The molecule has 0 atom stereocenters. The molecule has 1 amide bonds. The van der Waals surface area contributed by atoms with Gasteiger partial charge in [0, 0.05) is 18.4 Å². The third-order valence-corrected chi connectivity index (χ3v) is 3.95. The third-order valence-electron chi connectivity index (χ3n) is 3.95. The largest absolute Gasteiger partial charge is 0.493 e. The van der Waals surface area contributed by atoms with E-state index in [0.29, 0.717) is 6.07 Å². The van der Waals surface area contributed by atoms with Gasteiger partial charge in [0.25, 0.3) is 5.91 Å². The molecule has 0 radical (unpaired) electrons. The Morgan fingerprint density at radius 3 is 2.53 bits per heavy atom. The number of nitrogens with zero attached hydrogens (tertiary/aromatic N) is 1. The summed E-state index contributed by atoms with van der Waals surface area (Å²) >= 11 is 0. The molecule has 2 aromatic rings. The zero-order valence-electron chi connectivity index (χ0n) is 15.4. The number of amides is 1. The second-order valence-electron chi connectivity index (χ2n) is 6.10. The lowest BCUT2D eigenvalue weighted by molar-refractivity contribution is -0.137. The van der Waals surface area contributed by atoms with Gasteiger partial charge in [-0.2, -0.15) is 13.2 Å². The summed E-state index contributed by atoms with van der Waals surface area (Å²) in [6.07, 6.45) is -2.28. The minimum absolute atomic E-state index is 0.0572. The first-order chi connectivity index (χ1) is 14.2. The molecule has 0 aromatic heterocycles. The van der Waals surface area contributed by atoms with E-state index in [0.717, 1.165) is 36.4 Å². The SMILES string of the molecule is COc1cc(F)ccc1Oc1cc(C(F)(F)F)ccc1C(=O)NC1=CC(=O)CN=C1. The Balaban J connectivity index is 2.00. The fourth-order valence-electron chi connectivity index (χ4n) is 2.57. The van der Waals surface area contributed by atoms with Crippen LogP contribution < -0.4 is 14.8 Å². The number of benzene rings is 2. The van der Waals surface area contributed by atoms with Gasteiger partial charge in [-0.25, -0.2) is 4.39 Å². The zero-order chi connectivity index (χ0) is 21.9. The maximum Gasteiger partial charge on any atom is 0.416 e. The van der Waals surface area contributed by atoms with Crippen LogP contribution in [0.2, 0.25) is 0 Å². The van der Waals surface area contributed by atoms with E-state index in [1.807, 2.05) is 0 Å². The Hall–Kier alpha value is -3.69. The van der Waals surface area contributed by atoms with Crippen molar-refractivity contribution in [2.75, 3.05) is 13.7 Å². The monoisotopic (exact) mass is 422 g/mol. The van der Waals surface area contributed by atoms with Gasteiger partial charge in [-0.05, 0) is 30.3 Å². The average molecular weight is 422 g/mol. The molecule has 2 aromatic carbocycles. The Bertz CT molecular complexity index is 1060. The molecule has 3 rings (SSSR count). The molecule has 1 N–H and O–H groups in total. The van der Waals surface area contributed by atoms with E-state index in [1.165, 1.54) is 13.3 Å². The van der Waals surface area contributed by atoms with Gasteiger partial charge in [0.1, 0.15) is 18.1 Å². The Kier molecular flexibility index (Phi) is 5.86. The number of nitrogens with one attached hydrogen (secondary N) is 1. The predicted molar refractivity (Wildman–Crippen MR) is 98.4 cm³/mol. The van der Waals surface area contributed by atoms with Crippen molar-refractivity contribution in [3.05, 3.63) is 65.1 Å². The standard InChI is InChI=1S/C20H14F4N2O4/c1-29-18-7-12(21)3-5-16(18)30-17-6-11(20(22,23)24)2-4-15(17)19(28)26-13-8-14(27)10-25-9-13/h2-9H,10H2,1H3,(H,26,28). The first kappa shape index (κ1) is 21.0. The minimum Gasteiger partial charge on any atom is -0.493 e. The lowest BCUT2D eigenvalue weighted by Crippen LogP contribution is -2.26. The predicted octanol–water partition coefficient (Wildman–Crippen LogP) is 3.91. The van der Waals surface area contributed by atoms with E-state index in [9.17, 15) is 27.2 Å². The maximum absolute atomic E-state index is 13.4. The Morgan fingerprint density at radius 1 is 1.10 bits per heavy atom. The van der Waals surface area contributed by atoms with Crippen LogP contribution in [0.1, 0.15) is 15.9 Å². The molecular weight excluding hydrogens is 408 g/mol. The van der Waals surface area contributed by atoms with Crippen molar-refractivity contribution < 1.29 is 36.6 Å². The van der Waals surface area contributed by atoms with Crippen molar-refractivity contribution in [2.45, 2.75) is 6.18 Å². The van der Waals surface area contributed by atoms with E-state index in [1.54, 1.807) is 0 Å². The molecule has 6 nitrogen and oxygen atoms in total. The highest BCUT2D eigenvalue weighted by atomic mass is 19.4. The molecule has 156 valence electrons. The molecule has 0 bridgehead atoms. The topological polar surface area (TPSA) is 77.0 Å². The van der Waals surface area contributed by atoms with Crippen LogP contribution in [0.3, 0.4) is 0 Å². The van der Waals surface area contributed by atoms with E-state index in [2.05, 4.69) is 10.3 Å². The molecule has 0 fully saturated rings. The molecule has 10 heteroatoms. The van der Waals surface area contributed by atoms with Crippen LogP contribution in [-0.2, 0) is 11.0 Å². The molecule has 0 aliphatic carbocycles. The number of ether oxygens (including phenoxy) is 2. The normalized spacial score (nSPS) is 13.6. The highest BCUT2D eigenvalue weighted by Crippen LogP contribution is 2.37. The molecule has 0 saturated heterocycles. The van der Waals surface area contributed by atoms with E-state index in [-0.39, 0.29) is 35.1 Å². The molecule has 1 aliphatic rings. The third kappa shape index (κ3) is 4.83. The number of dihydropyridines is 1. The van der Waals surface area contributed by atoms with Crippen LogP contribution in [0.25, 0.3) is 0 Å². The van der Waals surface area contributed by atoms with Crippen molar-refractivity contribution in [3.63, 3.8) is 0 Å². The highest BCUT2D eigenvalue weighted by molar-refractivity contribution is 6.06. The van der Waals surface area contributed by atoms with Crippen LogP contribution in [-0.4, -0.2) is 31.6 Å². The number of carbonyl (C=O) groups excluding carboxylic acids is 2. The number of methoxy groups -OCH3 is 1. The van der Waals surface area contributed by atoms with Crippen molar-refractivity contribution in [2.24, 2.45) is 4.99 Å². The fourth-order valence-corrected chi connectivity index (χ4v) is 2.57. The number of aliphatic imine (C=N–C) groups is 1. The minimum atomic E-state index is -4.69. The maximum atomic E-state index is 13.4. The first-order valence-electron chi connectivity index (χ1n) is 8.45. The van der Waals surface area contributed by atoms with E-state index < -0.39 is 29.2 Å². The smallest absolute Gasteiger partial charge is 0.416 e. The van der Waals surface area contributed by atoms with Crippen molar-refractivity contribution in [1.82, 2.24) is 5.32 Å². The van der Waals surface area contributed by atoms with Crippen LogP contribution in [0, 0.1) is 5.82 Å². The van der Waals surface area contributed by atoms with Gasteiger partial charge in [-0.3, -0.25) is 14.6 Å². The second kappa shape index (κ2) is 8.36. The van der Waals surface area contributed by atoms with Gasteiger partial charge >= 0.3 is 6.18 Å². The Morgan fingerprint density at radius 2 is 1.87 bits per heavy atom. The number of hydrogen-bond acceptors (Lipinski definition) is 5. The number of rotatable bonds is 5. The molecule has 30 heavy (non-hydrogen) atoms. The van der Waals surface area contributed by atoms with E-state index in [4.69, 9.17) is 9.47 Å². The zero-order valence-corrected chi connectivity index (χ0v) is 15.4. The van der Waals surface area contributed by atoms with Crippen LogP contribution in [0.4, 0.5) is 17.6 Å². The summed E-state index contributed by atoms with van der Waals surface area (Å²) in [6.45, 7) is -0.0572.